The van der Waals surface area contributed by atoms with Crippen LogP contribution in [0.4, 0.5) is 0 Å². The molecule has 1 saturated carbocycles. The largest absolute Gasteiger partial charge is 0.311 e. The number of rotatable bonds is 5. The SMILES string of the molecule is CC(C)CNCc1cc(=O)[nH]c(C2CCC2)n1. The van der Waals surface area contributed by atoms with Crippen molar-refractivity contribution in [3.63, 3.8) is 0 Å². The minimum absolute atomic E-state index is 0.0248. The van der Waals surface area contributed by atoms with Gasteiger partial charge in [0.15, 0.2) is 0 Å². The maximum atomic E-state index is 11.5. The first-order valence-electron chi connectivity index (χ1n) is 6.46. The minimum Gasteiger partial charge on any atom is -0.311 e. The maximum Gasteiger partial charge on any atom is 0.251 e. The van der Waals surface area contributed by atoms with Crippen LogP contribution >= 0.6 is 0 Å². The van der Waals surface area contributed by atoms with E-state index in [4.69, 9.17) is 0 Å². The van der Waals surface area contributed by atoms with Crippen molar-refractivity contribution in [2.45, 2.75) is 45.6 Å². The molecule has 1 aliphatic carbocycles. The summed E-state index contributed by atoms with van der Waals surface area (Å²) in [4.78, 5) is 18.9. The first-order chi connectivity index (χ1) is 8.15. The van der Waals surface area contributed by atoms with E-state index in [0.29, 0.717) is 18.4 Å². The molecule has 2 rings (SSSR count). The van der Waals surface area contributed by atoms with E-state index in [1.54, 1.807) is 6.07 Å². The molecule has 94 valence electrons. The standard InChI is InChI=1S/C13H21N3O/c1-9(2)7-14-8-11-6-12(17)16-13(15-11)10-4-3-5-10/h6,9-10,14H,3-5,7-8H2,1-2H3,(H,15,16,17). The molecule has 0 spiro atoms. The number of nitrogens with zero attached hydrogens (tertiary/aromatic N) is 1. The quantitative estimate of drug-likeness (QED) is 0.818. The Kier molecular flexibility index (Phi) is 3.94. The molecule has 0 bridgehead atoms. The van der Waals surface area contributed by atoms with Gasteiger partial charge in [0.05, 0.1) is 5.69 Å². The normalized spacial score (nSPS) is 16.2. The average molecular weight is 235 g/mol. The number of nitrogens with one attached hydrogen (secondary N) is 2. The second kappa shape index (κ2) is 5.45. The Morgan fingerprint density at radius 1 is 1.53 bits per heavy atom. The molecule has 1 aromatic heterocycles. The molecule has 4 heteroatoms. The van der Waals surface area contributed by atoms with Gasteiger partial charge in [0.2, 0.25) is 0 Å². The van der Waals surface area contributed by atoms with E-state index in [2.05, 4.69) is 29.1 Å². The van der Waals surface area contributed by atoms with Gasteiger partial charge in [0.1, 0.15) is 5.82 Å². The lowest BCUT2D eigenvalue weighted by atomic mass is 9.85. The fourth-order valence-corrected chi connectivity index (χ4v) is 1.98. The van der Waals surface area contributed by atoms with E-state index < -0.39 is 0 Å². The molecule has 0 radical (unpaired) electrons. The van der Waals surface area contributed by atoms with Gasteiger partial charge in [-0.3, -0.25) is 4.79 Å². The Bertz CT molecular complexity index is 421. The average Bonchev–Trinajstić information content (AvgIpc) is 2.13. The molecular weight excluding hydrogens is 214 g/mol. The van der Waals surface area contributed by atoms with Crippen LogP contribution < -0.4 is 10.9 Å². The maximum absolute atomic E-state index is 11.5. The summed E-state index contributed by atoms with van der Waals surface area (Å²) >= 11 is 0. The summed E-state index contributed by atoms with van der Waals surface area (Å²) in [5.74, 6) is 1.97. The lowest BCUT2D eigenvalue weighted by Gasteiger charge is -2.24. The van der Waals surface area contributed by atoms with Gasteiger partial charge in [-0.25, -0.2) is 4.98 Å². The molecule has 0 aliphatic heterocycles. The summed E-state index contributed by atoms with van der Waals surface area (Å²) in [6, 6.07) is 1.59. The molecule has 0 atom stereocenters. The van der Waals surface area contributed by atoms with Gasteiger partial charge in [0.25, 0.3) is 5.56 Å². The van der Waals surface area contributed by atoms with E-state index >= 15 is 0 Å². The first kappa shape index (κ1) is 12.3. The molecule has 1 aliphatic rings. The van der Waals surface area contributed by atoms with E-state index in [0.717, 1.165) is 30.9 Å². The van der Waals surface area contributed by atoms with Crippen molar-refractivity contribution in [1.82, 2.24) is 15.3 Å². The predicted molar refractivity (Wildman–Crippen MR) is 68.0 cm³/mol. The van der Waals surface area contributed by atoms with Crippen molar-refractivity contribution in [3.05, 3.63) is 27.9 Å². The molecule has 0 aromatic carbocycles. The third kappa shape index (κ3) is 3.40. The van der Waals surface area contributed by atoms with E-state index in [-0.39, 0.29) is 5.56 Å². The highest BCUT2D eigenvalue weighted by atomic mass is 16.1. The van der Waals surface area contributed by atoms with Crippen LogP contribution in [0.1, 0.15) is 50.5 Å². The van der Waals surface area contributed by atoms with Crippen molar-refractivity contribution in [1.29, 1.82) is 0 Å². The molecule has 0 unspecified atom stereocenters. The van der Waals surface area contributed by atoms with E-state index in [9.17, 15) is 4.79 Å². The first-order valence-corrected chi connectivity index (χ1v) is 6.46. The third-order valence-electron chi connectivity index (χ3n) is 3.16. The van der Waals surface area contributed by atoms with Gasteiger partial charge in [0, 0.05) is 18.5 Å². The molecular formula is C13H21N3O. The van der Waals surface area contributed by atoms with Crippen molar-refractivity contribution >= 4 is 0 Å². The molecule has 2 N–H and O–H groups in total. The van der Waals surface area contributed by atoms with Gasteiger partial charge in [-0.15, -0.1) is 0 Å². The van der Waals surface area contributed by atoms with Crippen LogP contribution in [0.5, 0.6) is 0 Å². The zero-order valence-corrected chi connectivity index (χ0v) is 10.6. The Morgan fingerprint density at radius 3 is 2.88 bits per heavy atom. The topological polar surface area (TPSA) is 57.8 Å². The lowest BCUT2D eigenvalue weighted by molar-refractivity contribution is 0.398. The summed E-state index contributed by atoms with van der Waals surface area (Å²) in [7, 11) is 0. The highest BCUT2D eigenvalue weighted by molar-refractivity contribution is 5.08. The highest BCUT2D eigenvalue weighted by Crippen LogP contribution is 2.33. The Balaban J connectivity index is 2.01. The number of H-pyrrole nitrogens is 1. The van der Waals surface area contributed by atoms with Crippen LogP contribution in [0.25, 0.3) is 0 Å². The van der Waals surface area contributed by atoms with Crippen molar-refractivity contribution in [3.8, 4) is 0 Å². The van der Waals surface area contributed by atoms with Crippen LogP contribution in [-0.2, 0) is 6.54 Å². The number of hydrogen-bond acceptors (Lipinski definition) is 3. The number of aromatic amines is 1. The zero-order chi connectivity index (χ0) is 12.3. The van der Waals surface area contributed by atoms with Crippen molar-refractivity contribution < 1.29 is 0 Å². The summed E-state index contributed by atoms with van der Waals surface area (Å²) in [6.45, 7) is 5.96. The minimum atomic E-state index is -0.0248. The Morgan fingerprint density at radius 2 is 2.29 bits per heavy atom. The molecule has 1 fully saturated rings. The van der Waals surface area contributed by atoms with Crippen LogP contribution in [0.3, 0.4) is 0 Å². The third-order valence-corrected chi connectivity index (χ3v) is 3.16. The number of hydrogen-bond donors (Lipinski definition) is 2. The Hall–Kier alpha value is -1.16. The van der Waals surface area contributed by atoms with Gasteiger partial charge in [-0.05, 0) is 25.3 Å². The number of aromatic nitrogens is 2. The Labute approximate surface area is 102 Å². The second-order valence-electron chi connectivity index (χ2n) is 5.27. The van der Waals surface area contributed by atoms with Crippen molar-refractivity contribution in [2.24, 2.45) is 5.92 Å². The van der Waals surface area contributed by atoms with Crippen LogP contribution in [0.2, 0.25) is 0 Å². The second-order valence-corrected chi connectivity index (χ2v) is 5.27. The molecule has 1 heterocycles. The molecule has 0 saturated heterocycles. The van der Waals surface area contributed by atoms with Gasteiger partial charge < -0.3 is 10.3 Å². The summed E-state index contributed by atoms with van der Waals surface area (Å²) in [5, 5.41) is 3.32. The van der Waals surface area contributed by atoms with Crippen LogP contribution in [0, 0.1) is 5.92 Å². The monoisotopic (exact) mass is 235 g/mol. The summed E-state index contributed by atoms with van der Waals surface area (Å²) < 4.78 is 0. The fourth-order valence-electron chi connectivity index (χ4n) is 1.98. The highest BCUT2D eigenvalue weighted by Gasteiger charge is 2.22. The smallest absolute Gasteiger partial charge is 0.251 e. The zero-order valence-electron chi connectivity index (χ0n) is 10.6. The van der Waals surface area contributed by atoms with E-state index in [1.165, 1.54) is 6.42 Å². The summed E-state index contributed by atoms with van der Waals surface area (Å²) in [5.41, 5.74) is 0.833. The lowest BCUT2D eigenvalue weighted by Crippen LogP contribution is -2.24. The van der Waals surface area contributed by atoms with Gasteiger partial charge in [-0.2, -0.15) is 0 Å². The van der Waals surface area contributed by atoms with E-state index in [1.807, 2.05) is 0 Å². The van der Waals surface area contributed by atoms with Crippen LogP contribution in [0.15, 0.2) is 10.9 Å². The molecule has 1 aromatic rings. The van der Waals surface area contributed by atoms with Gasteiger partial charge in [-0.1, -0.05) is 20.3 Å². The predicted octanol–water partition coefficient (Wildman–Crippen LogP) is 1.78. The van der Waals surface area contributed by atoms with Gasteiger partial charge >= 0.3 is 0 Å². The summed E-state index contributed by atoms with van der Waals surface area (Å²) in [6.07, 6.45) is 3.57. The molecule has 4 nitrogen and oxygen atoms in total. The van der Waals surface area contributed by atoms with Crippen molar-refractivity contribution in [2.75, 3.05) is 6.54 Å². The van der Waals surface area contributed by atoms with Crippen LogP contribution in [-0.4, -0.2) is 16.5 Å². The molecule has 17 heavy (non-hydrogen) atoms. The fraction of sp³-hybridized carbons (Fsp3) is 0.692. The molecule has 0 amide bonds.